The van der Waals surface area contributed by atoms with Gasteiger partial charge in [-0.3, -0.25) is 0 Å². The van der Waals surface area contributed by atoms with E-state index in [1.807, 2.05) is 0 Å². The zero-order chi connectivity index (χ0) is 6.15. The van der Waals surface area contributed by atoms with E-state index < -0.39 is 0 Å². The maximum absolute atomic E-state index is 5.33. The largest absolute Gasteiger partial charge is 0.382 e. The van der Waals surface area contributed by atoms with Crippen LogP contribution < -0.4 is 5.73 Å². The molecule has 44 valence electrons. The molecule has 1 atom stereocenters. The summed E-state index contributed by atoms with van der Waals surface area (Å²) in [6, 6.07) is 1.80. The smallest absolute Gasteiger partial charge is 0.146 e. The Balaban J connectivity index is 3.14. The summed E-state index contributed by atoms with van der Waals surface area (Å²) >= 11 is 2.14. The molecule has 0 aliphatic heterocycles. The quantitative estimate of drug-likeness (QED) is 0.536. The molecule has 0 aliphatic rings. The molecule has 0 spiro atoms. The SMILES string of the molecule is Nc1cc(I)n(P)n1. The van der Waals surface area contributed by atoms with Crippen molar-refractivity contribution < 1.29 is 0 Å². The van der Waals surface area contributed by atoms with Crippen molar-refractivity contribution in [2.75, 3.05) is 5.73 Å². The van der Waals surface area contributed by atoms with Gasteiger partial charge in [-0.2, -0.15) is 5.10 Å². The highest BCUT2D eigenvalue weighted by molar-refractivity contribution is 14.1. The van der Waals surface area contributed by atoms with Gasteiger partial charge in [0.1, 0.15) is 9.52 Å². The van der Waals surface area contributed by atoms with Gasteiger partial charge in [0.05, 0.1) is 0 Å². The molecule has 1 heterocycles. The molecule has 1 unspecified atom stereocenters. The molecule has 0 bridgehead atoms. The first-order valence-corrected chi connectivity index (χ1v) is 3.56. The van der Waals surface area contributed by atoms with E-state index >= 15 is 0 Å². The molecule has 2 N–H and O–H groups in total. The third-order valence-corrected chi connectivity index (χ3v) is 2.43. The number of nitrogens with two attached hydrogens (primary N) is 1. The van der Waals surface area contributed by atoms with E-state index in [0.29, 0.717) is 5.82 Å². The number of nitrogen functional groups attached to an aromatic ring is 1. The Labute approximate surface area is 63.0 Å². The first-order valence-electron chi connectivity index (χ1n) is 1.96. The number of hydrogen-bond donors (Lipinski definition) is 1. The van der Waals surface area contributed by atoms with Gasteiger partial charge < -0.3 is 5.73 Å². The molecular weight excluding hydrogens is 236 g/mol. The molecule has 0 amide bonds. The van der Waals surface area contributed by atoms with E-state index in [2.05, 4.69) is 37.1 Å². The van der Waals surface area contributed by atoms with Crippen LogP contribution in [0, 0.1) is 3.70 Å². The van der Waals surface area contributed by atoms with Gasteiger partial charge in [0.2, 0.25) is 0 Å². The van der Waals surface area contributed by atoms with E-state index in [-0.39, 0.29) is 0 Å². The summed E-state index contributed by atoms with van der Waals surface area (Å²) in [6.07, 6.45) is 0. The Morgan fingerprint density at radius 3 is 2.62 bits per heavy atom. The average Bonchev–Trinajstić information content (AvgIpc) is 1.85. The maximum atomic E-state index is 5.33. The number of aromatic nitrogens is 2. The molecule has 0 radical (unpaired) electrons. The molecule has 5 heteroatoms. The van der Waals surface area contributed by atoms with Gasteiger partial charge in [0.25, 0.3) is 0 Å². The number of hydrogen-bond acceptors (Lipinski definition) is 2. The summed E-state index contributed by atoms with van der Waals surface area (Å²) in [4.78, 5) is 0. The van der Waals surface area contributed by atoms with E-state index in [9.17, 15) is 0 Å². The molecule has 1 rings (SSSR count). The first-order chi connectivity index (χ1) is 3.70. The molecule has 0 fully saturated rings. The normalized spacial score (nSPS) is 9.75. The lowest BCUT2D eigenvalue weighted by atomic mass is 10.7. The highest BCUT2D eigenvalue weighted by atomic mass is 127. The van der Waals surface area contributed by atoms with E-state index in [0.717, 1.165) is 3.70 Å². The van der Waals surface area contributed by atoms with Crippen molar-refractivity contribution in [2.45, 2.75) is 0 Å². The molecule has 8 heavy (non-hydrogen) atoms. The van der Waals surface area contributed by atoms with Crippen molar-refractivity contribution in [1.82, 2.24) is 9.55 Å². The van der Waals surface area contributed by atoms with Crippen molar-refractivity contribution in [2.24, 2.45) is 0 Å². The zero-order valence-corrected chi connectivity index (χ0v) is 7.32. The summed E-state index contributed by atoms with van der Waals surface area (Å²) in [5.41, 5.74) is 5.33. The standard InChI is InChI=1S/C3H5IN3P/c4-2-1-3(5)6-7(2)8/h1H,8H2,(H2,5,6). The van der Waals surface area contributed by atoms with Gasteiger partial charge in [-0.25, -0.2) is 4.45 Å². The molecule has 0 saturated carbocycles. The minimum Gasteiger partial charge on any atom is -0.382 e. The van der Waals surface area contributed by atoms with Gasteiger partial charge in [-0.05, 0) is 32.0 Å². The predicted molar refractivity (Wildman–Crippen MR) is 44.5 cm³/mol. The summed E-state index contributed by atoms with van der Waals surface area (Å²) in [6.45, 7) is 0. The maximum Gasteiger partial charge on any atom is 0.146 e. The van der Waals surface area contributed by atoms with Crippen LogP contribution in [0.1, 0.15) is 0 Å². The first kappa shape index (κ1) is 6.29. The van der Waals surface area contributed by atoms with Gasteiger partial charge in [-0.1, -0.05) is 0 Å². The minimum atomic E-state index is 0.560. The van der Waals surface area contributed by atoms with Crippen LogP contribution >= 0.6 is 32.0 Å². The monoisotopic (exact) mass is 241 g/mol. The number of halogens is 1. The highest BCUT2D eigenvalue weighted by Crippen LogP contribution is 2.10. The van der Waals surface area contributed by atoms with Gasteiger partial charge in [-0.15, -0.1) is 0 Å². The number of rotatable bonds is 0. The van der Waals surface area contributed by atoms with Crippen LogP contribution in [0.15, 0.2) is 6.07 Å². The number of anilines is 1. The molecule has 1 aromatic heterocycles. The Morgan fingerprint density at radius 2 is 2.50 bits per heavy atom. The second kappa shape index (κ2) is 2.19. The van der Waals surface area contributed by atoms with Gasteiger partial charge in [0.15, 0.2) is 0 Å². The van der Waals surface area contributed by atoms with E-state index in [4.69, 9.17) is 5.73 Å². The van der Waals surface area contributed by atoms with E-state index in [1.54, 1.807) is 10.5 Å². The molecule has 1 aromatic rings. The second-order valence-corrected chi connectivity index (χ2v) is 2.93. The Hall–Kier alpha value is 0.170. The zero-order valence-electron chi connectivity index (χ0n) is 4.00. The second-order valence-electron chi connectivity index (χ2n) is 1.34. The van der Waals surface area contributed by atoms with Gasteiger partial charge in [0, 0.05) is 6.07 Å². The predicted octanol–water partition coefficient (Wildman–Crippen LogP) is 0.708. The molecule has 0 aliphatic carbocycles. The van der Waals surface area contributed by atoms with Crippen molar-refractivity contribution in [1.29, 1.82) is 0 Å². The fourth-order valence-corrected chi connectivity index (χ4v) is 1.02. The van der Waals surface area contributed by atoms with Gasteiger partial charge >= 0.3 is 0 Å². The van der Waals surface area contributed by atoms with Crippen molar-refractivity contribution in [3.8, 4) is 0 Å². The summed E-state index contributed by atoms with van der Waals surface area (Å²) in [5, 5.41) is 3.86. The van der Waals surface area contributed by atoms with Crippen molar-refractivity contribution >= 4 is 37.8 Å². The molecule has 3 nitrogen and oxygen atoms in total. The highest BCUT2D eigenvalue weighted by Gasteiger charge is 1.94. The molecule has 0 aromatic carbocycles. The summed E-state index contributed by atoms with van der Waals surface area (Å²) in [7, 11) is 2.43. The third-order valence-electron chi connectivity index (χ3n) is 0.709. The lowest BCUT2D eigenvalue weighted by Gasteiger charge is -1.85. The Kier molecular flexibility index (Phi) is 1.72. The van der Waals surface area contributed by atoms with Crippen LogP contribution in [0.25, 0.3) is 0 Å². The molecular formula is C3H5IN3P. The lowest BCUT2D eigenvalue weighted by Crippen LogP contribution is -1.86. The van der Waals surface area contributed by atoms with Crippen LogP contribution in [0.2, 0.25) is 0 Å². The van der Waals surface area contributed by atoms with Crippen LogP contribution in [0.3, 0.4) is 0 Å². The van der Waals surface area contributed by atoms with Crippen LogP contribution in [0.5, 0.6) is 0 Å². The molecule has 0 saturated heterocycles. The van der Waals surface area contributed by atoms with Crippen LogP contribution in [0.4, 0.5) is 5.82 Å². The summed E-state index contributed by atoms with van der Waals surface area (Å²) in [5.74, 6) is 0.560. The van der Waals surface area contributed by atoms with Crippen molar-refractivity contribution in [3.05, 3.63) is 9.77 Å². The van der Waals surface area contributed by atoms with Crippen molar-refractivity contribution in [3.63, 3.8) is 0 Å². The fourth-order valence-electron chi connectivity index (χ4n) is 0.389. The van der Waals surface area contributed by atoms with Crippen LogP contribution in [-0.4, -0.2) is 9.55 Å². The third kappa shape index (κ3) is 1.11. The topological polar surface area (TPSA) is 43.8 Å². The van der Waals surface area contributed by atoms with E-state index in [1.165, 1.54) is 0 Å². The van der Waals surface area contributed by atoms with Crippen LogP contribution in [-0.2, 0) is 0 Å². The minimum absolute atomic E-state index is 0.560. The summed E-state index contributed by atoms with van der Waals surface area (Å²) < 4.78 is 2.67. The number of nitrogens with zero attached hydrogens (tertiary/aromatic N) is 2. The fraction of sp³-hybridized carbons (Fsp3) is 0. The Morgan fingerprint density at radius 1 is 1.88 bits per heavy atom. The Bertz CT molecular complexity index is 177. The average molecular weight is 241 g/mol. The lowest BCUT2D eigenvalue weighted by molar-refractivity contribution is 0.994.